The normalized spacial score (nSPS) is 16.7. The molecule has 2 rings (SSSR count). The van der Waals surface area contributed by atoms with Gasteiger partial charge in [-0.15, -0.1) is 0 Å². The summed E-state index contributed by atoms with van der Waals surface area (Å²) < 4.78 is 0. The molecule has 0 N–H and O–H groups in total. The monoisotopic (exact) mass is 247 g/mol. The van der Waals surface area contributed by atoms with Crippen molar-refractivity contribution in [3.05, 3.63) is 24.0 Å². The fraction of sp³-hybridized carbons (Fsp3) is 0.571. The van der Waals surface area contributed by atoms with Crippen LogP contribution in [-0.2, 0) is 4.79 Å². The standard InChI is InChI=1S/C14H21N3O/c1-11-10-14(4-7-15-11)17-8-5-13(6-9-17)16(3)12(2)18/h4,7,10,13H,5-6,8-9H2,1-3H3. The lowest BCUT2D eigenvalue weighted by Gasteiger charge is -2.37. The Morgan fingerprint density at radius 3 is 2.67 bits per heavy atom. The summed E-state index contributed by atoms with van der Waals surface area (Å²) in [5.74, 6) is 0.160. The third kappa shape index (κ3) is 2.81. The number of aromatic nitrogens is 1. The maximum atomic E-state index is 11.3. The second-order valence-corrected chi connectivity index (χ2v) is 5.00. The predicted octanol–water partition coefficient (Wildman–Crippen LogP) is 1.84. The Balaban J connectivity index is 1.96. The second kappa shape index (κ2) is 5.38. The number of amides is 1. The molecule has 98 valence electrons. The lowest BCUT2D eigenvalue weighted by atomic mass is 10.0. The van der Waals surface area contributed by atoms with E-state index in [4.69, 9.17) is 0 Å². The molecule has 1 aliphatic rings. The van der Waals surface area contributed by atoms with Crippen LogP contribution in [0.15, 0.2) is 18.3 Å². The highest BCUT2D eigenvalue weighted by atomic mass is 16.2. The minimum absolute atomic E-state index is 0.160. The Bertz CT molecular complexity index is 425. The van der Waals surface area contributed by atoms with Crippen LogP contribution in [-0.4, -0.2) is 42.0 Å². The van der Waals surface area contributed by atoms with Crippen molar-refractivity contribution in [2.75, 3.05) is 25.0 Å². The van der Waals surface area contributed by atoms with E-state index in [0.29, 0.717) is 6.04 Å². The molecule has 0 unspecified atom stereocenters. The fourth-order valence-electron chi connectivity index (χ4n) is 2.50. The van der Waals surface area contributed by atoms with Crippen LogP contribution in [0.5, 0.6) is 0 Å². The number of carbonyl (C=O) groups excluding carboxylic acids is 1. The largest absolute Gasteiger partial charge is 0.371 e. The van der Waals surface area contributed by atoms with E-state index in [0.717, 1.165) is 31.6 Å². The van der Waals surface area contributed by atoms with Gasteiger partial charge in [0.2, 0.25) is 5.91 Å². The molecular formula is C14H21N3O. The van der Waals surface area contributed by atoms with Gasteiger partial charge in [-0.25, -0.2) is 0 Å². The van der Waals surface area contributed by atoms with Crippen LogP contribution in [0, 0.1) is 6.92 Å². The summed E-state index contributed by atoms with van der Waals surface area (Å²) in [6, 6.07) is 4.57. The number of rotatable bonds is 2. The van der Waals surface area contributed by atoms with Crippen molar-refractivity contribution in [1.82, 2.24) is 9.88 Å². The third-order valence-electron chi connectivity index (χ3n) is 3.75. The number of hydrogen-bond donors (Lipinski definition) is 0. The fourth-order valence-corrected chi connectivity index (χ4v) is 2.50. The smallest absolute Gasteiger partial charge is 0.219 e. The van der Waals surface area contributed by atoms with Gasteiger partial charge in [-0.3, -0.25) is 9.78 Å². The van der Waals surface area contributed by atoms with E-state index >= 15 is 0 Å². The molecule has 0 radical (unpaired) electrons. The van der Waals surface area contributed by atoms with Crippen molar-refractivity contribution in [2.24, 2.45) is 0 Å². The van der Waals surface area contributed by atoms with Crippen LogP contribution >= 0.6 is 0 Å². The zero-order chi connectivity index (χ0) is 13.1. The molecule has 1 aromatic rings. The van der Waals surface area contributed by atoms with E-state index in [1.54, 1.807) is 6.92 Å². The maximum absolute atomic E-state index is 11.3. The lowest BCUT2D eigenvalue weighted by Crippen LogP contribution is -2.45. The molecule has 1 aliphatic heterocycles. The van der Waals surface area contributed by atoms with Crippen LogP contribution in [0.25, 0.3) is 0 Å². The minimum atomic E-state index is 0.160. The van der Waals surface area contributed by atoms with Crippen molar-refractivity contribution in [2.45, 2.75) is 32.7 Å². The Kier molecular flexibility index (Phi) is 3.84. The summed E-state index contributed by atoms with van der Waals surface area (Å²) >= 11 is 0. The molecule has 0 saturated carbocycles. The van der Waals surface area contributed by atoms with Crippen LogP contribution in [0.2, 0.25) is 0 Å². The number of nitrogens with zero attached hydrogens (tertiary/aromatic N) is 3. The van der Waals surface area contributed by atoms with Crippen LogP contribution in [0.3, 0.4) is 0 Å². The van der Waals surface area contributed by atoms with Crippen molar-refractivity contribution in [1.29, 1.82) is 0 Å². The average molecular weight is 247 g/mol. The number of piperidine rings is 1. The maximum Gasteiger partial charge on any atom is 0.219 e. The van der Waals surface area contributed by atoms with Gasteiger partial charge in [-0.05, 0) is 31.9 Å². The van der Waals surface area contributed by atoms with E-state index in [-0.39, 0.29) is 5.91 Å². The summed E-state index contributed by atoms with van der Waals surface area (Å²) in [6.07, 6.45) is 3.94. The molecule has 1 amide bonds. The molecule has 1 saturated heterocycles. The van der Waals surface area contributed by atoms with Crippen LogP contribution in [0.4, 0.5) is 5.69 Å². The molecule has 1 aromatic heterocycles. The lowest BCUT2D eigenvalue weighted by molar-refractivity contribution is -0.129. The average Bonchev–Trinajstić information content (AvgIpc) is 2.38. The molecule has 2 heterocycles. The Labute approximate surface area is 109 Å². The molecule has 0 bridgehead atoms. The first-order valence-electron chi connectivity index (χ1n) is 6.49. The molecule has 0 aliphatic carbocycles. The molecule has 0 spiro atoms. The van der Waals surface area contributed by atoms with Crippen LogP contribution in [0.1, 0.15) is 25.5 Å². The molecule has 1 fully saturated rings. The highest BCUT2D eigenvalue weighted by Gasteiger charge is 2.23. The Morgan fingerprint density at radius 2 is 2.11 bits per heavy atom. The minimum Gasteiger partial charge on any atom is -0.371 e. The summed E-state index contributed by atoms with van der Waals surface area (Å²) in [6.45, 7) is 5.66. The van der Waals surface area contributed by atoms with Crippen molar-refractivity contribution >= 4 is 11.6 Å². The molecule has 4 heteroatoms. The topological polar surface area (TPSA) is 36.4 Å². The molecule has 18 heavy (non-hydrogen) atoms. The van der Waals surface area contributed by atoms with Gasteiger partial charge in [0, 0.05) is 50.7 Å². The van der Waals surface area contributed by atoms with Gasteiger partial charge in [0.15, 0.2) is 0 Å². The van der Waals surface area contributed by atoms with Gasteiger partial charge in [-0.1, -0.05) is 0 Å². The third-order valence-corrected chi connectivity index (χ3v) is 3.75. The van der Waals surface area contributed by atoms with E-state index in [1.807, 2.05) is 25.1 Å². The molecular weight excluding hydrogens is 226 g/mol. The zero-order valence-electron chi connectivity index (χ0n) is 11.4. The van der Waals surface area contributed by atoms with E-state index in [1.165, 1.54) is 5.69 Å². The van der Waals surface area contributed by atoms with Gasteiger partial charge in [0.05, 0.1) is 0 Å². The number of pyridine rings is 1. The van der Waals surface area contributed by atoms with Gasteiger partial charge < -0.3 is 9.80 Å². The van der Waals surface area contributed by atoms with Gasteiger partial charge in [0.25, 0.3) is 0 Å². The van der Waals surface area contributed by atoms with Crippen molar-refractivity contribution in [3.63, 3.8) is 0 Å². The van der Waals surface area contributed by atoms with E-state index in [9.17, 15) is 4.79 Å². The Morgan fingerprint density at radius 1 is 1.44 bits per heavy atom. The first-order valence-corrected chi connectivity index (χ1v) is 6.49. The molecule has 4 nitrogen and oxygen atoms in total. The van der Waals surface area contributed by atoms with E-state index in [2.05, 4.69) is 22.0 Å². The quantitative estimate of drug-likeness (QED) is 0.800. The highest BCUT2D eigenvalue weighted by molar-refractivity contribution is 5.73. The van der Waals surface area contributed by atoms with Crippen molar-refractivity contribution < 1.29 is 4.79 Å². The highest BCUT2D eigenvalue weighted by Crippen LogP contribution is 2.22. The molecule has 0 aromatic carbocycles. The molecule has 0 atom stereocenters. The second-order valence-electron chi connectivity index (χ2n) is 5.00. The zero-order valence-corrected chi connectivity index (χ0v) is 11.4. The van der Waals surface area contributed by atoms with Gasteiger partial charge in [0.1, 0.15) is 0 Å². The first kappa shape index (κ1) is 12.9. The summed E-state index contributed by atoms with van der Waals surface area (Å²) in [4.78, 5) is 19.8. The van der Waals surface area contributed by atoms with Gasteiger partial charge >= 0.3 is 0 Å². The number of carbonyl (C=O) groups is 1. The predicted molar refractivity (Wildman–Crippen MR) is 72.7 cm³/mol. The Hall–Kier alpha value is -1.58. The van der Waals surface area contributed by atoms with Gasteiger partial charge in [-0.2, -0.15) is 0 Å². The van der Waals surface area contributed by atoms with Crippen molar-refractivity contribution in [3.8, 4) is 0 Å². The number of anilines is 1. The summed E-state index contributed by atoms with van der Waals surface area (Å²) in [5.41, 5.74) is 2.29. The van der Waals surface area contributed by atoms with E-state index < -0.39 is 0 Å². The summed E-state index contributed by atoms with van der Waals surface area (Å²) in [5, 5.41) is 0. The number of aryl methyl sites for hydroxylation is 1. The summed E-state index contributed by atoms with van der Waals surface area (Å²) in [7, 11) is 1.90. The SMILES string of the molecule is CC(=O)N(C)C1CCN(c2ccnc(C)c2)CC1. The first-order chi connectivity index (χ1) is 8.58. The number of hydrogen-bond acceptors (Lipinski definition) is 3. The van der Waals surface area contributed by atoms with Crippen LogP contribution < -0.4 is 4.90 Å².